The molecule has 0 radical (unpaired) electrons. The number of halogens is 4. The molecule has 0 saturated carbocycles. The lowest BCUT2D eigenvalue weighted by molar-refractivity contribution is -0.188. The molecule has 152 valence electrons. The summed E-state index contributed by atoms with van der Waals surface area (Å²) in [6.07, 6.45) is -3.60. The molecule has 1 heterocycles. The summed E-state index contributed by atoms with van der Waals surface area (Å²) >= 11 is 0. The van der Waals surface area contributed by atoms with Crippen molar-refractivity contribution in [1.29, 1.82) is 0 Å². The number of hydrogen-bond donors (Lipinski definition) is 1. The smallest absolute Gasteiger partial charge is 0.393 e. The molecule has 8 heteroatoms. The predicted octanol–water partition coefficient (Wildman–Crippen LogP) is 4.00. The molecule has 0 bridgehead atoms. The Balaban J connectivity index is 2.22. The number of carboxylic acids is 1. The Hall–Kier alpha value is -1.83. The van der Waals surface area contributed by atoms with Crippen molar-refractivity contribution in [3.05, 3.63) is 29.6 Å². The van der Waals surface area contributed by atoms with Crippen molar-refractivity contribution < 1.29 is 27.5 Å². The molecular formula is C19H26F4N2O2. The molecule has 1 aliphatic heterocycles. The molecule has 1 N–H and O–H groups in total. The van der Waals surface area contributed by atoms with Crippen LogP contribution in [0.3, 0.4) is 0 Å². The number of anilines is 1. The van der Waals surface area contributed by atoms with Gasteiger partial charge in [0.05, 0.1) is 11.8 Å². The lowest BCUT2D eigenvalue weighted by atomic mass is 9.96. The number of carbonyl (C=O) groups is 1. The third kappa shape index (κ3) is 5.34. The second kappa shape index (κ2) is 8.46. The molecule has 27 heavy (non-hydrogen) atoms. The zero-order chi connectivity index (χ0) is 20.4. The maximum absolute atomic E-state index is 13.8. The van der Waals surface area contributed by atoms with Crippen molar-refractivity contribution in [3.63, 3.8) is 0 Å². The Morgan fingerprint density at radius 3 is 2.56 bits per heavy atom. The van der Waals surface area contributed by atoms with E-state index in [9.17, 15) is 22.4 Å². The Morgan fingerprint density at radius 2 is 2.04 bits per heavy atom. The third-order valence-electron chi connectivity index (χ3n) is 5.26. The highest BCUT2D eigenvalue weighted by molar-refractivity contribution is 5.71. The van der Waals surface area contributed by atoms with E-state index in [1.807, 2.05) is 11.9 Å². The van der Waals surface area contributed by atoms with E-state index in [0.29, 0.717) is 11.5 Å². The number of nitrogens with zero attached hydrogens (tertiary/aromatic N) is 2. The van der Waals surface area contributed by atoms with E-state index >= 15 is 0 Å². The summed E-state index contributed by atoms with van der Waals surface area (Å²) in [5, 5.41) is 9.15. The maximum Gasteiger partial charge on any atom is 0.393 e. The first-order chi connectivity index (χ1) is 12.5. The topological polar surface area (TPSA) is 43.8 Å². The van der Waals surface area contributed by atoms with Crippen molar-refractivity contribution in [2.24, 2.45) is 17.8 Å². The largest absolute Gasteiger partial charge is 0.481 e. The summed E-state index contributed by atoms with van der Waals surface area (Å²) in [5.74, 6) is -4.92. The minimum atomic E-state index is -4.57. The van der Waals surface area contributed by atoms with Gasteiger partial charge >= 0.3 is 12.1 Å². The van der Waals surface area contributed by atoms with Gasteiger partial charge in [0.15, 0.2) is 0 Å². The normalized spacial score (nSPS) is 22.0. The number of rotatable bonds is 7. The third-order valence-corrected chi connectivity index (χ3v) is 5.26. The van der Waals surface area contributed by atoms with Gasteiger partial charge in [-0.05, 0) is 29.7 Å². The van der Waals surface area contributed by atoms with Crippen LogP contribution in [-0.4, -0.2) is 48.8 Å². The molecule has 0 aliphatic carbocycles. The Kier molecular flexibility index (Phi) is 6.72. The van der Waals surface area contributed by atoms with E-state index < -0.39 is 36.3 Å². The van der Waals surface area contributed by atoms with Gasteiger partial charge < -0.3 is 10.0 Å². The molecule has 1 aromatic rings. The van der Waals surface area contributed by atoms with Crippen LogP contribution in [0.4, 0.5) is 23.2 Å². The van der Waals surface area contributed by atoms with Gasteiger partial charge in [-0.3, -0.25) is 9.69 Å². The monoisotopic (exact) mass is 390 g/mol. The highest BCUT2D eigenvalue weighted by Crippen LogP contribution is 2.38. The number of alkyl halides is 3. The molecule has 4 nitrogen and oxygen atoms in total. The molecule has 0 spiro atoms. The van der Waals surface area contributed by atoms with Gasteiger partial charge in [-0.1, -0.05) is 20.3 Å². The Morgan fingerprint density at radius 1 is 1.37 bits per heavy atom. The average Bonchev–Trinajstić information content (AvgIpc) is 2.99. The zero-order valence-corrected chi connectivity index (χ0v) is 15.8. The van der Waals surface area contributed by atoms with Crippen molar-refractivity contribution in [1.82, 2.24) is 4.90 Å². The number of aliphatic carboxylic acids is 1. The van der Waals surface area contributed by atoms with Crippen LogP contribution in [0.5, 0.6) is 0 Å². The number of benzene rings is 1. The molecule has 1 fully saturated rings. The van der Waals surface area contributed by atoms with E-state index in [1.165, 1.54) is 17.0 Å². The van der Waals surface area contributed by atoms with E-state index in [4.69, 9.17) is 5.11 Å². The van der Waals surface area contributed by atoms with Crippen LogP contribution in [0.2, 0.25) is 0 Å². The van der Waals surface area contributed by atoms with Gasteiger partial charge in [-0.15, -0.1) is 0 Å². The van der Waals surface area contributed by atoms with Crippen LogP contribution in [0.1, 0.15) is 25.8 Å². The van der Waals surface area contributed by atoms with Crippen LogP contribution in [-0.2, 0) is 11.3 Å². The van der Waals surface area contributed by atoms with E-state index in [2.05, 4.69) is 13.8 Å². The van der Waals surface area contributed by atoms with Crippen molar-refractivity contribution in [2.45, 2.75) is 33.0 Å². The minimum Gasteiger partial charge on any atom is -0.481 e. The summed E-state index contributed by atoms with van der Waals surface area (Å²) in [6.45, 7) is 4.37. The van der Waals surface area contributed by atoms with Crippen molar-refractivity contribution in [3.8, 4) is 0 Å². The van der Waals surface area contributed by atoms with Crippen LogP contribution in [0.15, 0.2) is 18.2 Å². The second-order valence-corrected chi connectivity index (χ2v) is 7.45. The van der Waals surface area contributed by atoms with Gasteiger partial charge in [0.1, 0.15) is 5.82 Å². The average molecular weight is 390 g/mol. The van der Waals surface area contributed by atoms with Gasteiger partial charge in [-0.2, -0.15) is 13.2 Å². The first-order valence-electron chi connectivity index (χ1n) is 9.04. The lowest BCUT2D eigenvalue weighted by Gasteiger charge is -2.27. The zero-order valence-electron chi connectivity index (χ0n) is 15.8. The van der Waals surface area contributed by atoms with Crippen LogP contribution >= 0.6 is 0 Å². The van der Waals surface area contributed by atoms with E-state index in [0.717, 1.165) is 18.7 Å². The molecule has 0 aromatic heterocycles. The SMILES string of the molecule is CCC(C)CN(C)c1ccc(F)cc1CN1C[C@@H](C(F)(F)F)[C@H](C(=O)O)C1. The van der Waals surface area contributed by atoms with Crippen molar-refractivity contribution in [2.75, 3.05) is 31.6 Å². The number of hydrogen-bond acceptors (Lipinski definition) is 3. The van der Waals surface area contributed by atoms with E-state index in [-0.39, 0.29) is 13.1 Å². The van der Waals surface area contributed by atoms with Gasteiger partial charge in [0.2, 0.25) is 0 Å². The summed E-state index contributed by atoms with van der Waals surface area (Å²) in [4.78, 5) is 14.7. The summed E-state index contributed by atoms with van der Waals surface area (Å²) in [6, 6.07) is 4.27. The second-order valence-electron chi connectivity index (χ2n) is 7.45. The molecule has 3 atom stereocenters. The fourth-order valence-electron chi connectivity index (χ4n) is 3.59. The van der Waals surface area contributed by atoms with Gasteiger partial charge in [-0.25, -0.2) is 4.39 Å². The maximum atomic E-state index is 13.8. The summed E-state index contributed by atoms with van der Waals surface area (Å²) in [5.41, 5.74) is 1.31. The minimum absolute atomic E-state index is 0.0777. The summed E-state index contributed by atoms with van der Waals surface area (Å²) in [7, 11) is 1.87. The molecule has 0 amide bonds. The highest BCUT2D eigenvalue weighted by Gasteiger charge is 2.52. The van der Waals surface area contributed by atoms with Crippen LogP contribution < -0.4 is 4.90 Å². The van der Waals surface area contributed by atoms with E-state index in [1.54, 1.807) is 6.07 Å². The first-order valence-corrected chi connectivity index (χ1v) is 9.04. The quantitative estimate of drug-likeness (QED) is 0.715. The van der Waals surface area contributed by atoms with Crippen molar-refractivity contribution >= 4 is 11.7 Å². The molecule has 1 saturated heterocycles. The number of carboxylic acid groups (broad SMARTS) is 1. The highest BCUT2D eigenvalue weighted by atomic mass is 19.4. The Bertz CT molecular complexity index is 666. The fourth-order valence-corrected chi connectivity index (χ4v) is 3.59. The van der Waals surface area contributed by atoms with Crippen LogP contribution in [0, 0.1) is 23.6 Å². The van der Waals surface area contributed by atoms with Gasteiger partial charge in [0, 0.05) is 38.9 Å². The molecule has 1 unspecified atom stereocenters. The number of likely N-dealkylation sites (tertiary alicyclic amines) is 1. The predicted molar refractivity (Wildman–Crippen MR) is 95.1 cm³/mol. The molecule has 2 rings (SSSR count). The Labute approximate surface area is 156 Å². The first kappa shape index (κ1) is 21.5. The molecule has 1 aliphatic rings. The van der Waals surface area contributed by atoms with Crippen LogP contribution in [0.25, 0.3) is 0 Å². The molecular weight excluding hydrogens is 364 g/mol. The lowest BCUT2D eigenvalue weighted by Crippen LogP contribution is -2.33. The molecule has 1 aromatic carbocycles. The fraction of sp³-hybridized carbons (Fsp3) is 0.632. The summed E-state index contributed by atoms with van der Waals surface area (Å²) < 4.78 is 53.3. The standard InChI is InChI=1S/C19H26F4N2O2/c1-4-12(2)8-24(3)17-6-5-14(20)7-13(17)9-25-10-15(18(26)27)16(11-25)19(21,22)23/h5-7,12,15-16H,4,8-11H2,1-3H3,(H,26,27)/t12?,15-,16-/m1/s1. The van der Waals surface area contributed by atoms with Gasteiger partial charge in [0.25, 0.3) is 0 Å².